The summed E-state index contributed by atoms with van der Waals surface area (Å²) in [6.45, 7) is 2.24. The van der Waals surface area contributed by atoms with E-state index in [0.29, 0.717) is 5.92 Å². The van der Waals surface area contributed by atoms with Crippen molar-refractivity contribution in [2.45, 2.75) is 44.3 Å². The zero-order valence-corrected chi connectivity index (χ0v) is 11.5. The van der Waals surface area contributed by atoms with Crippen molar-refractivity contribution >= 4 is 15.9 Å². The molecule has 1 spiro atoms. The highest BCUT2D eigenvalue weighted by atomic mass is 79.9. The van der Waals surface area contributed by atoms with Gasteiger partial charge in [0, 0.05) is 16.5 Å². The largest absolute Gasteiger partial charge is 0.486 e. The smallest absolute Gasteiger partial charge is 0.127 e. The highest BCUT2D eigenvalue weighted by Crippen LogP contribution is 2.50. The molecule has 17 heavy (non-hydrogen) atoms. The van der Waals surface area contributed by atoms with E-state index in [2.05, 4.69) is 22.9 Å². The topological polar surface area (TPSA) is 29.5 Å². The molecule has 2 aliphatic rings. The van der Waals surface area contributed by atoms with E-state index in [9.17, 15) is 5.11 Å². The first-order valence-electron chi connectivity index (χ1n) is 6.27. The first-order valence-corrected chi connectivity index (χ1v) is 7.06. The number of benzene rings is 1. The molecular weight excluding hydrogens is 280 g/mol. The minimum Gasteiger partial charge on any atom is -0.486 e. The Hall–Kier alpha value is -0.540. The van der Waals surface area contributed by atoms with Gasteiger partial charge in [0.15, 0.2) is 0 Å². The normalized spacial score (nSPS) is 35.7. The Morgan fingerprint density at radius 1 is 1.47 bits per heavy atom. The average molecular weight is 297 g/mol. The van der Waals surface area contributed by atoms with Gasteiger partial charge in [0.2, 0.25) is 0 Å². The molecule has 1 N–H and O–H groups in total. The van der Waals surface area contributed by atoms with Gasteiger partial charge in [0.1, 0.15) is 11.4 Å². The molecule has 1 aromatic rings. The predicted molar refractivity (Wildman–Crippen MR) is 70.1 cm³/mol. The Kier molecular flexibility index (Phi) is 2.71. The summed E-state index contributed by atoms with van der Waals surface area (Å²) >= 11 is 3.46. The van der Waals surface area contributed by atoms with Crippen molar-refractivity contribution in [2.24, 2.45) is 5.92 Å². The number of hydrogen-bond acceptors (Lipinski definition) is 2. The maximum Gasteiger partial charge on any atom is 0.127 e. The van der Waals surface area contributed by atoms with E-state index in [4.69, 9.17) is 4.74 Å². The lowest BCUT2D eigenvalue weighted by molar-refractivity contribution is -0.0356. The van der Waals surface area contributed by atoms with Gasteiger partial charge in [-0.2, -0.15) is 0 Å². The third-order valence-electron chi connectivity index (χ3n) is 4.32. The molecule has 1 aromatic carbocycles. The molecule has 2 unspecified atom stereocenters. The van der Waals surface area contributed by atoms with Crippen LogP contribution in [0, 0.1) is 5.92 Å². The van der Waals surface area contributed by atoms with Crippen LogP contribution in [0.1, 0.15) is 44.3 Å². The molecule has 1 heterocycles. The van der Waals surface area contributed by atoms with Crippen LogP contribution in [0.2, 0.25) is 0 Å². The molecule has 3 atom stereocenters. The number of aliphatic hydroxyl groups is 1. The third-order valence-corrected chi connectivity index (χ3v) is 4.82. The molecule has 92 valence electrons. The van der Waals surface area contributed by atoms with Crippen LogP contribution >= 0.6 is 15.9 Å². The van der Waals surface area contributed by atoms with E-state index in [1.165, 1.54) is 12.8 Å². The number of aliphatic hydroxyl groups excluding tert-OH is 1. The van der Waals surface area contributed by atoms with E-state index < -0.39 is 0 Å². The minimum absolute atomic E-state index is 0.132. The lowest BCUT2D eigenvalue weighted by Crippen LogP contribution is -2.43. The van der Waals surface area contributed by atoms with Crippen LogP contribution in [0.4, 0.5) is 0 Å². The second kappa shape index (κ2) is 3.99. The van der Waals surface area contributed by atoms with Gasteiger partial charge < -0.3 is 9.84 Å². The first kappa shape index (κ1) is 11.5. The fraction of sp³-hybridized carbons (Fsp3) is 0.571. The van der Waals surface area contributed by atoms with Crippen molar-refractivity contribution in [3.8, 4) is 5.75 Å². The summed E-state index contributed by atoms with van der Waals surface area (Å²) in [5, 5.41) is 10.3. The lowest BCUT2D eigenvalue weighted by Gasteiger charge is -2.41. The van der Waals surface area contributed by atoms with Crippen LogP contribution < -0.4 is 4.74 Å². The van der Waals surface area contributed by atoms with Crippen LogP contribution in [0.25, 0.3) is 0 Å². The Labute approximate surface area is 110 Å². The van der Waals surface area contributed by atoms with E-state index in [1.807, 2.05) is 18.2 Å². The zero-order valence-electron chi connectivity index (χ0n) is 9.95. The van der Waals surface area contributed by atoms with Crippen molar-refractivity contribution in [1.29, 1.82) is 0 Å². The summed E-state index contributed by atoms with van der Waals surface area (Å²) in [7, 11) is 0. The number of rotatable bonds is 0. The molecule has 0 saturated heterocycles. The zero-order chi connectivity index (χ0) is 12.0. The molecule has 1 aliphatic carbocycles. The van der Waals surface area contributed by atoms with Crippen molar-refractivity contribution in [1.82, 2.24) is 0 Å². The van der Waals surface area contributed by atoms with Crippen molar-refractivity contribution in [2.75, 3.05) is 0 Å². The van der Waals surface area contributed by atoms with Crippen molar-refractivity contribution < 1.29 is 9.84 Å². The maximum absolute atomic E-state index is 10.3. The molecular formula is C14H17BrO2. The molecule has 0 radical (unpaired) electrons. The second-order valence-corrected chi connectivity index (χ2v) is 6.28. The van der Waals surface area contributed by atoms with Gasteiger partial charge >= 0.3 is 0 Å². The average Bonchev–Trinajstić information content (AvgIpc) is 2.59. The van der Waals surface area contributed by atoms with Gasteiger partial charge in [-0.1, -0.05) is 28.9 Å². The molecule has 2 nitrogen and oxygen atoms in total. The second-order valence-electron chi connectivity index (χ2n) is 5.36. The number of fused-ring (bicyclic) bond motifs is 1. The SMILES string of the molecule is CC1CCCC12C[C@@H](O)c1ccc(Br)cc1O2. The summed E-state index contributed by atoms with van der Waals surface area (Å²) in [5.74, 6) is 1.39. The molecule has 1 aliphatic heterocycles. The third kappa shape index (κ3) is 1.80. The van der Waals surface area contributed by atoms with Gasteiger partial charge in [0.05, 0.1) is 6.10 Å². The molecule has 3 heteroatoms. The van der Waals surface area contributed by atoms with Gasteiger partial charge in [-0.3, -0.25) is 0 Å². The van der Waals surface area contributed by atoms with Gasteiger partial charge in [-0.15, -0.1) is 0 Å². The van der Waals surface area contributed by atoms with Crippen LogP contribution in [0.5, 0.6) is 5.75 Å². The fourth-order valence-electron chi connectivity index (χ4n) is 3.24. The fourth-order valence-corrected chi connectivity index (χ4v) is 3.58. The highest BCUT2D eigenvalue weighted by Gasteiger charge is 2.47. The first-order chi connectivity index (χ1) is 8.11. The maximum atomic E-state index is 10.3. The summed E-state index contributed by atoms with van der Waals surface area (Å²) in [5.41, 5.74) is 0.797. The Bertz CT molecular complexity index is 446. The van der Waals surface area contributed by atoms with Crippen LogP contribution in [0.3, 0.4) is 0 Å². The summed E-state index contributed by atoms with van der Waals surface area (Å²) < 4.78 is 7.26. The molecule has 3 rings (SSSR count). The van der Waals surface area contributed by atoms with Crippen molar-refractivity contribution in [3.63, 3.8) is 0 Å². The number of ether oxygens (including phenoxy) is 1. The minimum atomic E-state index is -0.382. The molecule has 0 bridgehead atoms. The summed E-state index contributed by atoms with van der Waals surface area (Å²) in [6.07, 6.45) is 3.83. The predicted octanol–water partition coefficient (Wildman–Crippen LogP) is 3.82. The number of halogens is 1. The van der Waals surface area contributed by atoms with E-state index in [-0.39, 0.29) is 11.7 Å². The van der Waals surface area contributed by atoms with Crippen LogP contribution in [-0.2, 0) is 0 Å². The van der Waals surface area contributed by atoms with E-state index >= 15 is 0 Å². The molecule has 0 aromatic heterocycles. The van der Waals surface area contributed by atoms with E-state index in [0.717, 1.165) is 28.6 Å². The molecule has 1 fully saturated rings. The Balaban J connectivity index is 2.02. The van der Waals surface area contributed by atoms with Crippen molar-refractivity contribution in [3.05, 3.63) is 28.2 Å². The van der Waals surface area contributed by atoms with Gasteiger partial charge in [-0.05, 0) is 37.3 Å². The van der Waals surface area contributed by atoms with Crippen LogP contribution in [-0.4, -0.2) is 10.7 Å². The molecule has 1 saturated carbocycles. The lowest BCUT2D eigenvalue weighted by atomic mass is 9.82. The number of hydrogen-bond donors (Lipinski definition) is 1. The Morgan fingerprint density at radius 3 is 3.00 bits per heavy atom. The summed E-state index contributed by atoms with van der Waals surface area (Å²) in [4.78, 5) is 0. The van der Waals surface area contributed by atoms with Crippen LogP contribution in [0.15, 0.2) is 22.7 Å². The summed E-state index contributed by atoms with van der Waals surface area (Å²) in [6, 6.07) is 5.89. The molecule has 0 amide bonds. The standard InChI is InChI=1S/C14H17BrO2/c1-9-3-2-6-14(9)8-12(16)11-5-4-10(15)7-13(11)17-14/h4-5,7,9,12,16H,2-3,6,8H2,1H3/t9?,12-,14?/m1/s1. The Morgan fingerprint density at radius 2 is 2.29 bits per heavy atom. The highest BCUT2D eigenvalue weighted by molar-refractivity contribution is 9.10. The quantitative estimate of drug-likeness (QED) is 0.788. The van der Waals surface area contributed by atoms with Gasteiger partial charge in [0.25, 0.3) is 0 Å². The monoisotopic (exact) mass is 296 g/mol. The van der Waals surface area contributed by atoms with E-state index in [1.54, 1.807) is 0 Å². The van der Waals surface area contributed by atoms with Gasteiger partial charge in [-0.25, -0.2) is 0 Å².